The van der Waals surface area contributed by atoms with Gasteiger partial charge in [-0.25, -0.2) is 9.37 Å². The van der Waals surface area contributed by atoms with Crippen LogP contribution in [0.15, 0.2) is 36.5 Å². The van der Waals surface area contributed by atoms with Gasteiger partial charge in [0.1, 0.15) is 17.0 Å². The lowest BCUT2D eigenvalue weighted by atomic mass is 10.2. The monoisotopic (exact) mass is 339 g/mol. The van der Waals surface area contributed by atoms with Gasteiger partial charge in [-0.05, 0) is 46.9 Å². The summed E-state index contributed by atoms with van der Waals surface area (Å²) in [7, 11) is 0. The molecule has 0 aliphatic rings. The van der Waals surface area contributed by atoms with Crippen LogP contribution in [0.2, 0.25) is 0 Å². The predicted molar refractivity (Wildman–Crippen MR) is 71.2 cm³/mol. The highest BCUT2D eigenvalue weighted by molar-refractivity contribution is 14.1. The zero-order valence-electron chi connectivity index (χ0n) is 8.61. The van der Waals surface area contributed by atoms with Gasteiger partial charge >= 0.3 is 0 Å². The third-order valence-corrected chi connectivity index (χ3v) is 3.21. The topological polar surface area (TPSA) is 41.2 Å². The van der Waals surface area contributed by atoms with Gasteiger partial charge in [-0.1, -0.05) is 6.07 Å². The van der Waals surface area contributed by atoms with Crippen molar-refractivity contribution in [1.82, 2.24) is 9.38 Å². The van der Waals surface area contributed by atoms with E-state index in [0.717, 1.165) is 3.57 Å². The quantitative estimate of drug-likeness (QED) is 0.497. The maximum absolute atomic E-state index is 13.9. The number of hydrogen-bond acceptors (Lipinski definition) is 2. The fourth-order valence-electron chi connectivity index (χ4n) is 1.84. The van der Waals surface area contributed by atoms with E-state index in [1.807, 2.05) is 28.7 Å². The molecule has 2 heterocycles. The third kappa shape index (κ3) is 1.61. The van der Waals surface area contributed by atoms with Crippen molar-refractivity contribution in [2.24, 2.45) is 0 Å². The normalized spacial score (nSPS) is 11.2. The van der Waals surface area contributed by atoms with E-state index in [1.165, 1.54) is 6.07 Å². The molecule has 1 aromatic carbocycles. The lowest BCUT2D eigenvalue weighted by Gasteiger charge is -2.05. The number of hydrogen-bond donors (Lipinski definition) is 1. The average Bonchev–Trinajstić information content (AvgIpc) is 2.28. The van der Waals surface area contributed by atoms with Crippen molar-refractivity contribution in [2.45, 2.75) is 0 Å². The number of aromatic nitrogens is 2. The van der Waals surface area contributed by atoms with Crippen molar-refractivity contribution in [1.29, 1.82) is 5.41 Å². The minimum Gasteiger partial charge on any atom is -0.286 e. The molecule has 1 N–H and O–H groups in total. The number of fused-ring (bicyclic) bond motifs is 2. The van der Waals surface area contributed by atoms with Crippen LogP contribution >= 0.6 is 22.6 Å². The van der Waals surface area contributed by atoms with Crippen LogP contribution in [0.5, 0.6) is 0 Å². The van der Waals surface area contributed by atoms with Gasteiger partial charge in [-0.3, -0.25) is 9.81 Å². The van der Waals surface area contributed by atoms with Crippen molar-refractivity contribution in [3.8, 4) is 0 Å². The summed E-state index contributed by atoms with van der Waals surface area (Å²) in [5.41, 5.74) is 1.29. The van der Waals surface area contributed by atoms with Gasteiger partial charge in [0.05, 0.1) is 10.9 Å². The lowest BCUT2D eigenvalue weighted by molar-refractivity contribution is 0.636. The minimum atomic E-state index is -0.400. The van der Waals surface area contributed by atoms with Crippen LogP contribution in [-0.2, 0) is 0 Å². The second-order valence-corrected chi connectivity index (χ2v) is 4.92. The molecule has 5 heteroatoms. The van der Waals surface area contributed by atoms with E-state index in [0.29, 0.717) is 11.2 Å². The van der Waals surface area contributed by atoms with Crippen molar-refractivity contribution in [3.05, 3.63) is 51.4 Å². The molecule has 2 aromatic heterocycles. The predicted octanol–water partition coefficient (Wildman–Crippen LogP) is 2.71. The summed E-state index contributed by atoms with van der Waals surface area (Å²) in [6, 6.07) is 8.64. The molecule has 0 fully saturated rings. The summed E-state index contributed by atoms with van der Waals surface area (Å²) >= 11 is 2.04. The number of halogens is 2. The first-order chi connectivity index (χ1) is 8.16. The van der Waals surface area contributed by atoms with Crippen LogP contribution in [0.3, 0.4) is 0 Å². The molecular weight excluding hydrogens is 332 g/mol. The summed E-state index contributed by atoms with van der Waals surface area (Å²) in [5, 5.41) is 8.28. The van der Waals surface area contributed by atoms with Crippen molar-refractivity contribution < 1.29 is 4.39 Å². The Hall–Kier alpha value is -1.50. The SMILES string of the molecule is N=c1c2c(F)cc(I)cc2nc2ccccn12. The molecule has 0 aliphatic heterocycles. The summed E-state index contributed by atoms with van der Waals surface area (Å²) in [6.45, 7) is 0. The Morgan fingerprint density at radius 2 is 2.12 bits per heavy atom. The highest BCUT2D eigenvalue weighted by Gasteiger charge is 2.08. The molecule has 0 bridgehead atoms. The van der Waals surface area contributed by atoms with E-state index >= 15 is 0 Å². The number of benzene rings is 1. The third-order valence-electron chi connectivity index (χ3n) is 2.59. The van der Waals surface area contributed by atoms with Gasteiger partial charge in [0.2, 0.25) is 0 Å². The Morgan fingerprint density at radius 3 is 2.94 bits per heavy atom. The Kier molecular flexibility index (Phi) is 2.36. The maximum atomic E-state index is 13.9. The van der Waals surface area contributed by atoms with Crippen LogP contribution < -0.4 is 5.49 Å². The summed E-state index contributed by atoms with van der Waals surface area (Å²) in [6.07, 6.45) is 1.71. The van der Waals surface area contributed by atoms with E-state index in [2.05, 4.69) is 4.98 Å². The van der Waals surface area contributed by atoms with Gasteiger partial charge in [0.15, 0.2) is 0 Å². The fourth-order valence-corrected chi connectivity index (χ4v) is 2.41. The minimum absolute atomic E-state index is 0.125. The number of rotatable bonds is 0. The van der Waals surface area contributed by atoms with Gasteiger partial charge in [0, 0.05) is 9.77 Å². The molecule has 0 spiro atoms. The van der Waals surface area contributed by atoms with Crippen LogP contribution in [0, 0.1) is 14.8 Å². The van der Waals surface area contributed by atoms with Gasteiger partial charge in [0.25, 0.3) is 0 Å². The highest BCUT2D eigenvalue weighted by atomic mass is 127. The van der Waals surface area contributed by atoms with E-state index in [4.69, 9.17) is 5.41 Å². The Labute approximate surface area is 110 Å². The van der Waals surface area contributed by atoms with E-state index in [-0.39, 0.29) is 10.9 Å². The molecule has 3 aromatic rings. The highest BCUT2D eigenvalue weighted by Crippen LogP contribution is 2.17. The molecule has 3 rings (SSSR count). The number of nitrogens with one attached hydrogen (secondary N) is 1. The summed E-state index contributed by atoms with van der Waals surface area (Å²) in [4.78, 5) is 4.36. The van der Waals surface area contributed by atoms with E-state index < -0.39 is 5.82 Å². The van der Waals surface area contributed by atoms with Crippen molar-refractivity contribution >= 4 is 39.1 Å². The van der Waals surface area contributed by atoms with Gasteiger partial charge in [-0.2, -0.15) is 0 Å². The Morgan fingerprint density at radius 1 is 1.29 bits per heavy atom. The number of nitrogens with zero attached hydrogens (tertiary/aromatic N) is 2. The molecule has 0 saturated carbocycles. The molecule has 84 valence electrons. The molecule has 0 saturated heterocycles. The van der Waals surface area contributed by atoms with Crippen LogP contribution in [-0.4, -0.2) is 9.38 Å². The first-order valence-corrected chi connectivity index (χ1v) is 6.05. The molecular formula is C12H7FIN3. The standard InChI is InChI=1S/C12H7FIN3/c13-8-5-7(14)6-9-11(8)12(15)17-4-2-1-3-10(17)16-9/h1-6,15H. The van der Waals surface area contributed by atoms with E-state index in [9.17, 15) is 4.39 Å². The molecule has 3 nitrogen and oxygen atoms in total. The average molecular weight is 339 g/mol. The Bertz CT molecular complexity index is 795. The molecule has 17 heavy (non-hydrogen) atoms. The van der Waals surface area contributed by atoms with Gasteiger partial charge in [-0.15, -0.1) is 0 Å². The van der Waals surface area contributed by atoms with Gasteiger partial charge < -0.3 is 0 Å². The molecule has 0 amide bonds. The first kappa shape index (κ1) is 10.6. The smallest absolute Gasteiger partial charge is 0.143 e. The first-order valence-electron chi connectivity index (χ1n) is 4.97. The molecule has 0 unspecified atom stereocenters. The second kappa shape index (κ2) is 3.76. The zero-order valence-corrected chi connectivity index (χ0v) is 10.8. The Balaban J connectivity index is 2.64. The van der Waals surface area contributed by atoms with Crippen molar-refractivity contribution in [3.63, 3.8) is 0 Å². The summed E-state index contributed by atoms with van der Waals surface area (Å²) < 4.78 is 16.2. The summed E-state index contributed by atoms with van der Waals surface area (Å²) in [5.74, 6) is -0.400. The largest absolute Gasteiger partial charge is 0.286 e. The van der Waals surface area contributed by atoms with Crippen LogP contribution in [0.25, 0.3) is 16.6 Å². The second-order valence-electron chi connectivity index (χ2n) is 3.67. The lowest BCUT2D eigenvalue weighted by Crippen LogP contribution is -2.16. The van der Waals surface area contributed by atoms with Crippen LogP contribution in [0.1, 0.15) is 0 Å². The zero-order chi connectivity index (χ0) is 12.0. The fraction of sp³-hybridized carbons (Fsp3) is 0. The van der Waals surface area contributed by atoms with Crippen LogP contribution in [0.4, 0.5) is 4.39 Å². The molecule has 0 atom stereocenters. The maximum Gasteiger partial charge on any atom is 0.143 e. The molecule has 0 aliphatic carbocycles. The molecule has 0 radical (unpaired) electrons. The number of pyridine rings is 1. The van der Waals surface area contributed by atoms with E-state index in [1.54, 1.807) is 28.8 Å². The van der Waals surface area contributed by atoms with Crippen molar-refractivity contribution in [2.75, 3.05) is 0 Å².